The highest BCUT2D eigenvalue weighted by Gasteiger charge is 2.33. The second kappa shape index (κ2) is 7.49. The van der Waals surface area contributed by atoms with Crippen LogP contribution in [-0.4, -0.2) is 51.9 Å². The number of hydrogen-bond donors (Lipinski definition) is 2. The van der Waals surface area contributed by atoms with E-state index in [0.717, 1.165) is 23.9 Å². The number of imide groups is 1. The van der Waals surface area contributed by atoms with Crippen LogP contribution in [0, 0.1) is 5.41 Å². The van der Waals surface area contributed by atoms with E-state index in [4.69, 9.17) is 10.1 Å². The van der Waals surface area contributed by atoms with Crippen LogP contribution in [0.3, 0.4) is 0 Å². The van der Waals surface area contributed by atoms with Crippen molar-refractivity contribution in [1.82, 2.24) is 13.9 Å². The van der Waals surface area contributed by atoms with Crippen molar-refractivity contribution in [3.63, 3.8) is 0 Å². The lowest BCUT2D eigenvalue weighted by molar-refractivity contribution is 0.187. The Morgan fingerprint density at radius 2 is 1.68 bits per heavy atom. The Labute approximate surface area is 122 Å². The molecule has 110 valence electrons. The third-order valence-corrected chi connectivity index (χ3v) is 3.63. The van der Waals surface area contributed by atoms with Gasteiger partial charge in [-0.1, -0.05) is 0 Å². The number of methoxy groups -OCH3 is 1. The predicted molar refractivity (Wildman–Crippen MR) is 79.1 cm³/mol. The van der Waals surface area contributed by atoms with Crippen molar-refractivity contribution in [2.24, 2.45) is 0 Å². The average Bonchev–Trinajstić information content (AvgIpc) is 2.28. The highest BCUT2D eigenvalue weighted by Crippen LogP contribution is 2.19. The fraction of sp³-hybridized carbons (Fsp3) is 0.700. The number of carbonyl (C=O) groups is 2. The average molecular weight is 308 g/mol. The summed E-state index contributed by atoms with van der Waals surface area (Å²) in [6, 6.07) is -1.87. The smallest absolute Gasteiger partial charge is 0.356 e. The molecule has 0 atom stereocenters. The molecule has 0 unspecified atom stereocenters. The molecule has 0 saturated heterocycles. The van der Waals surface area contributed by atoms with Crippen LogP contribution in [0.5, 0.6) is 0 Å². The number of amides is 4. The van der Waals surface area contributed by atoms with E-state index in [2.05, 4.69) is 5.32 Å². The van der Waals surface area contributed by atoms with Gasteiger partial charge < -0.3 is 10.1 Å². The summed E-state index contributed by atoms with van der Waals surface area (Å²) in [6.45, 7) is 5.35. The number of ether oxygens (including phenoxy) is 1. The Bertz CT molecular complexity index is 353. The summed E-state index contributed by atoms with van der Waals surface area (Å²) in [5.74, 6) is 0. The van der Waals surface area contributed by atoms with E-state index in [0.29, 0.717) is 4.90 Å². The molecule has 2 N–H and O–H groups in total. The van der Waals surface area contributed by atoms with Crippen LogP contribution in [0.25, 0.3) is 0 Å². The summed E-state index contributed by atoms with van der Waals surface area (Å²) < 4.78 is 5.96. The van der Waals surface area contributed by atoms with E-state index in [1.54, 1.807) is 33.3 Å². The van der Waals surface area contributed by atoms with Crippen LogP contribution in [0.4, 0.5) is 9.59 Å². The molecule has 0 aromatic rings. The first kappa shape index (κ1) is 17.9. The second-order valence-corrected chi connectivity index (χ2v) is 6.12. The molecule has 7 nitrogen and oxygen atoms in total. The topological polar surface area (TPSA) is 85.7 Å². The van der Waals surface area contributed by atoms with Gasteiger partial charge in [0.05, 0.1) is 7.11 Å². The first-order chi connectivity index (χ1) is 8.67. The molecule has 0 bridgehead atoms. The minimum absolute atomic E-state index is 0.521. The maximum atomic E-state index is 12.2. The number of urea groups is 2. The van der Waals surface area contributed by atoms with Gasteiger partial charge in [-0.25, -0.2) is 13.3 Å². The van der Waals surface area contributed by atoms with Gasteiger partial charge in [-0.05, 0) is 44.7 Å². The van der Waals surface area contributed by atoms with Crippen LogP contribution in [0.15, 0.2) is 0 Å². The minimum atomic E-state index is -0.697. The van der Waals surface area contributed by atoms with Gasteiger partial charge in [0.1, 0.15) is 0 Å². The molecule has 0 aliphatic carbocycles. The Morgan fingerprint density at radius 1 is 1.21 bits per heavy atom. The highest BCUT2D eigenvalue weighted by atomic mass is 32.2. The van der Waals surface area contributed by atoms with Crippen molar-refractivity contribution < 1.29 is 14.3 Å². The summed E-state index contributed by atoms with van der Waals surface area (Å²) in [5, 5.41) is 10.2. The van der Waals surface area contributed by atoms with Crippen LogP contribution < -0.4 is 5.32 Å². The van der Waals surface area contributed by atoms with Gasteiger partial charge in [0.2, 0.25) is 0 Å². The Kier molecular flexibility index (Phi) is 7.06. The number of nitrogens with one attached hydrogen (secondary N) is 2. The van der Waals surface area contributed by atoms with Gasteiger partial charge in [-0.3, -0.25) is 5.41 Å². The normalized spacial score (nSPS) is 10.6. The van der Waals surface area contributed by atoms with Gasteiger partial charge in [-0.15, -0.1) is 0 Å². The summed E-state index contributed by atoms with van der Waals surface area (Å²) in [6.07, 6.45) is 3.40. The molecule has 0 aliphatic rings. The number of amidine groups is 1. The van der Waals surface area contributed by atoms with E-state index >= 15 is 0 Å². The Morgan fingerprint density at radius 3 is 2.00 bits per heavy atom. The van der Waals surface area contributed by atoms with Crippen LogP contribution >= 0.6 is 23.9 Å². The Hall–Kier alpha value is -1.09. The van der Waals surface area contributed by atoms with Gasteiger partial charge in [0.25, 0.3) is 0 Å². The van der Waals surface area contributed by atoms with Crippen molar-refractivity contribution >= 4 is 42.0 Å². The summed E-state index contributed by atoms with van der Waals surface area (Å²) in [4.78, 5) is 24.9. The minimum Gasteiger partial charge on any atom is -0.468 e. The lowest BCUT2D eigenvalue weighted by Crippen LogP contribution is -2.54. The molecule has 19 heavy (non-hydrogen) atoms. The molecule has 0 saturated carbocycles. The molecule has 0 heterocycles. The second-order valence-electron chi connectivity index (χ2n) is 4.43. The van der Waals surface area contributed by atoms with Crippen molar-refractivity contribution in [2.75, 3.05) is 19.6 Å². The predicted octanol–water partition coefficient (Wildman–Crippen LogP) is 2.36. The lowest BCUT2D eigenvalue weighted by Gasteiger charge is -2.28. The molecule has 0 fully saturated rings. The summed E-state index contributed by atoms with van der Waals surface area (Å²) in [7, 11) is 1.23. The largest absolute Gasteiger partial charge is 0.468 e. The molecule has 0 radical (unpaired) electrons. The zero-order valence-corrected chi connectivity index (χ0v) is 13.6. The molecular formula is C10H20N4O3S2. The quantitative estimate of drug-likeness (QED) is 0.464. The zero-order chi connectivity index (χ0) is 15.2. The summed E-state index contributed by atoms with van der Waals surface area (Å²) in [5.41, 5.74) is -0.521. The van der Waals surface area contributed by atoms with Gasteiger partial charge in [0, 0.05) is 18.1 Å². The van der Waals surface area contributed by atoms with Crippen LogP contribution in [0.1, 0.15) is 20.8 Å². The van der Waals surface area contributed by atoms with Crippen molar-refractivity contribution in [3.05, 3.63) is 0 Å². The van der Waals surface area contributed by atoms with E-state index in [1.807, 2.05) is 0 Å². The molecule has 0 aromatic heterocycles. The lowest BCUT2D eigenvalue weighted by atomic mass is 10.1. The van der Waals surface area contributed by atoms with Crippen molar-refractivity contribution in [2.45, 2.75) is 26.3 Å². The van der Waals surface area contributed by atoms with Crippen molar-refractivity contribution in [3.8, 4) is 0 Å². The first-order valence-corrected chi connectivity index (χ1v) is 7.71. The number of hydrogen-bond acceptors (Lipinski definition) is 6. The Balaban J connectivity index is 5.17. The number of rotatable bonds is 2. The standard InChI is InChI=1S/C10H20N4O3S2/c1-10(2,3)12-8(15)13(7(11)17-4)9(16)14(18-5)19-6/h11H,1-6H3,(H,12,15). The molecule has 9 heteroatoms. The van der Waals surface area contributed by atoms with Crippen LogP contribution in [0.2, 0.25) is 0 Å². The summed E-state index contributed by atoms with van der Waals surface area (Å²) >= 11 is 2.28. The molecule has 0 spiro atoms. The third kappa shape index (κ3) is 5.60. The molecule has 0 rings (SSSR count). The zero-order valence-electron chi connectivity index (χ0n) is 11.9. The van der Waals surface area contributed by atoms with Gasteiger partial charge >= 0.3 is 18.1 Å². The number of carbonyl (C=O) groups excluding carboxylic acids is 2. The fourth-order valence-electron chi connectivity index (χ4n) is 1.05. The van der Waals surface area contributed by atoms with E-state index in [1.165, 1.54) is 10.8 Å². The van der Waals surface area contributed by atoms with E-state index < -0.39 is 23.6 Å². The van der Waals surface area contributed by atoms with Crippen molar-refractivity contribution in [1.29, 1.82) is 5.41 Å². The van der Waals surface area contributed by atoms with E-state index in [-0.39, 0.29) is 0 Å². The highest BCUT2D eigenvalue weighted by molar-refractivity contribution is 8.12. The number of nitrogens with zero attached hydrogens (tertiary/aromatic N) is 2. The van der Waals surface area contributed by atoms with Gasteiger partial charge in [-0.2, -0.15) is 4.90 Å². The maximum absolute atomic E-state index is 12.2. The molecular weight excluding hydrogens is 288 g/mol. The first-order valence-electron chi connectivity index (χ1n) is 5.35. The monoisotopic (exact) mass is 308 g/mol. The maximum Gasteiger partial charge on any atom is 0.356 e. The molecule has 0 aliphatic heterocycles. The van der Waals surface area contributed by atoms with Crippen LogP contribution in [-0.2, 0) is 4.74 Å². The fourth-order valence-corrected chi connectivity index (χ4v) is 2.12. The van der Waals surface area contributed by atoms with Gasteiger partial charge in [0.15, 0.2) is 0 Å². The van der Waals surface area contributed by atoms with E-state index in [9.17, 15) is 9.59 Å². The molecule has 4 amide bonds. The third-order valence-electron chi connectivity index (χ3n) is 1.76. The molecule has 0 aromatic carbocycles. The SMILES string of the molecule is COC(=N)N(C(=O)NC(C)(C)C)C(=O)N(SC)SC.